The monoisotopic (exact) mass is 424 g/mol. The molecular formula is C24H28N2O5. The lowest BCUT2D eigenvalue weighted by Gasteiger charge is -2.45. The number of carboxylic acids is 1. The molecule has 2 aromatic carbocycles. The van der Waals surface area contributed by atoms with Gasteiger partial charge in [0, 0.05) is 24.6 Å². The molecule has 1 saturated heterocycles. The summed E-state index contributed by atoms with van der Waals surface area (Å²) in [5, 5.41) is 10.6. The second-order valence-electron chi connectivity index (χ2n) is 8.30. The Morgan fingerprint density at radius 3 is 2.48 bits per heavy atom. The number of carbonyl (C=O) groups excluding carboxylic acids is 1. The first-order chi connectivity index (χ1) is 14.9. The highest BCUT2D eigenvalue weighted by molar-refractivity contribution is 5.85. The molecule has 1 heterocycles. The van der Waals surface area contributed by atoms with E-state index in [0.29, 0.717) is 43.9 Å². The van der Waals surface area contributed by atoms with Crippen LogP contribution in [0.4, 0.5) is 4.79 Å². The van der Waals surface area contributed by atoms with E-state index in [1.54, 1.807) is 25.2 Å². The van der Waals surface area contributed by atoms with Crippen molar-refractivity contribution in [1.82, 2.24) is 4.90 Å². The van der Waals surface area contributed by atoms with Crippen LogP contribution in [0.15, 0.2) is 42.5 Å². The van der Waals surface area contributed by atoms with Gasteiger partial charge >= 0.3 is 12.0 Å². The van der Waals surface area contributed by atoms with Crippen LogP contribution in [-0.4, -0.2) is 49.3 Å². The number of primary amides is 1. The van der Waals surface area contributed by atoms with Crippen molar-refractivity contribution >= 4 is 12.0 Å². The molecule has 0 saturated carbocycles. The molecule has 1 aliphatic heterocycles. The van der Waals surface area contributed by atoms with Gasteiger partial charge in [0.2, 0.25) is 0 Å². The van der Waals surface area contributed by atoms with Crippen molar-refractivity contribution < 1.29 is 24.2 Å². The fraction of sp³-hybridized carbons (Fsp3) is 0.417. The third-order valence-electron chi connectivity index (χ3n) is 7.07. The van der Waals surface area contributed by atoms with Crippen molar-refractivity contribution in [3.05, 3.63) is 59.2 Å². The number of nitrogens with two attached hydrogens (primary N) is 1. The number of piperidine rings is 1. The van der Waals surface area contributed by atoms with Gasteiger partial charge in [-0.05, 0) is 42.4 Å². The maximum absolute atomic E-state index is 13.0. The maximum Gasteiger partial charge on any atom is 0.314 e. The molecule has 2 aromatic rings. The summed E-state index contributed by atoms with van der Waals surface area (Å²) in [7, 11) is 3.16. The van der Waals surface area contributed by atoms with Gasteiger partial charge in [-0.2, -0.15) is 0 Å². The average Bonchev–Trinajstić information content (AvgIpc) is 3.19. The van der Waals surface area contributed by atoms with E-state index in [0.717, 1.165) is 16.7 Å². The molecular weight excluding hydrogens is 396 g/mol. The van der Waals surface area contributed by atoms with Crippen LogP contribution >= 0.6 is 0 Å². The van der Waals surface area contributed by atoms with Crippen molar-refractivity contribution in [2.24, 2.45) is 11.7 Å². The van der Waals surface area contributed by atoms with Gasteiger partial charge in [-0.1, -0.05) is 36.4 Å². The summed E-state index contributed by atoms with van der Waals surface area (Å²) in [6, 6.07) is 13.0. The fourth-order valence-corrected chi connectivity index (χ4v) is 5.66. The standard InChI is InChI=1S/C24H28N2O5/c1-30-20-9-8-18-16(21(20)31-2)10-12-24(18,22(27)28)19-11-13-26(23(25)29)14-17(19)15-6-4-3-5-7-15/h3-9,17,19H,10-14H2,1-2H3,(H2,25,29)(H,27,28). The lowest BCUT2D eigenvalue weighted by atomic mass is 9.62. The fourth-order valence-electron chi connectivity index (χ4n) is 5.66. The van der Waals surface area contributed by atoms with E-state index >= 15 is 0 Å². The summed E-state index contributed by atoms with van der Waals surface area (Å²) >= 11 is 0. The Labute approximate surface area is 181 Å². The Bertz CT molecular complexity index is 993. The normalized spacial score (nSPS) is 25.0. The third kappa shape index (κ3) is 3.28. The summed E-state index contributed by atoms with van der Waals surface area (Å²) in [5.74, 6) is 0.0384. The smallest absolute Gasteiger partial charge is 0.314 e. The molecule has 4 rings (SSSR count). The molecule has 0 spiro atoms. The predicted molar refractivity (Wildman–Crippen MR) is 116 cm³/mol. The van der Waals surface area contributed by atoms with Crippen LogP contribution < -0.4 is 15.2 Å². The number of likely N-dealkylation sites (tertiary alicyclic amines) is 1. The van der Waals surface area contributed by atoms with Crippen molar-refractivity contribution in [2.45, 2.75) is 30.6 Å². The highest BCUT2D eigenvalue weighted by atomic mass is 16.5. The second-order valence-corrected chi connectivity index (χ2v) is 8.30. The molecule has 2 aliphatic rings. The number of hydrogen-bond acceptors (Lipinski definition) is 4. The van der Waals surface area contributed by atoms with Gasteiger partial charge in [0.1, 0.15) is 0 Å². The van der Waals surface area contributed by atoms with Crippen molar-refractivity contribution in [2.75, 3.05) is 27.3 Å². The Kier molecular flexibility index (Phi) is 5.52. The van der Waals surface area contributed by atoms with Crippen LogP contribution in [0.3, 0.4) is 0 Å². The minimum absolute atomic E-state index is 0.141. The van der Waals surface area contributed by atoms with E-state index in [9.17, 15) is 14.7 Å². The minimum atomic E-state index is -1.07. The topological polar surface area (TPSA) is 102 Å². The van der Waals surface area contributed by atoms with E-state index in [4.69, 9.17) is 15.2 Å². The van der Waals surface area contributed by atoms with Crippen LogP contribution in [0.5, 0.6) is 11.5 Å². The summed E-state index contributed by atoms with van der Waals surface area (Å²) in [6.07, 6.45) is 1.63. The van der Waals surface area contributed by atoms with Crippen molar-refractivity contribution in [1.29, 1.82) is 0 Å². The first-order valence-electron chi connectivity index (χ1n) is 10.5. The molecule has 164 valence electrons. The van der Waals surface area contributed by atoms with Gasteiger partial charge in [-0.3, -0.25) is 4.79 Å². The lowest BCUT2D eigenvalue weighted by molar-refractivity contribution is -0.147. The van der Waals surface area contributed by atoms with E-state index in [1.807, 2.05) is 36.4 Å². The van der Waals surface area contributed by atoms with Gasteiger partial charge in [0.05, 0.1) is 19.6 Å². The van der Waals surface area contributed by atoms with Crippen LogP contribution in [0.2, 0.25) is 0 Å². The molecule has 1 fully saturated rings. The molecule has 7 nitrogen and oxygen atoms in total. The quantitative estimate of drug-likeness (QED) is 0.768. The Morgan fingerprint density at radius 1 is 1.13 bits per heavy atom. The molecule has 0 radical (unpaired) electrons. The van der Waals surface area contributed by atoms with Gasteiger partial charge in [-0.15, -0.1) is 0 Å². The zero-order valence-electron chi connectivity index (χ0n) is 17.8. The molecule has 31 heavy (non-hydrogen) atoms. The number of nitrogens with zero attached hydrogens (tertiary/aromatic N) is 1. The SMILES string of the molecule is COc1ccc2c(c1OC)CCC2(C(=O)O)C1CCN(C(N)=O)CC1c1ccccc1. The van der Waals surface area contributed by atoms with E-state index < -0.39 is 17.4 Å². The van der Waals surface area contributed by atoms with E-state index in [-0.39, 0.29) is 11.8 Å². The molecule has 0 aromatic heterocycles. The number of carbonyl (C=O) groups is 2. The maximum atomic E-state index is 13.0. The molecule has 2 amide bonds. The zero-order valence-corrected chi connectivity index (χ0v) is 17.8. The average molecular weight is 424 g/mol. The number of aliphatic carboxylic acids is 1. The number of methoxy groups -OCH3 is 2. The van der Waals surface area contributed by atoms with E-state index in [1.165, 1.54) is 0 Å². The number of urea groups is 1. The zero-order chi connectivity index (χ0) is 22.2. The first kappa shape index (κ1) is 21.0. The molecule has 0 bridgehead atoms. The highest BCUT2D eigenvalue weighted by Gasteiger charge is 2.56. The van der Waals surface area contributed by atoms with Gasteiger partial charge in [0.25, 0.3) is 0 Å². The number of ether oxygens (including phenoxy) is 2. The van der Waals surface area contributed by atoms with Crippen LogP contribution in [0.25, 0.3) is 0 Å². The predicted octanol–water partition coefficient (Wildman–Crippen LogP) is 3.16. The molecule has 3 unspecified atom stereocenters. The van der Waals surface area contributed by atoms with Gasteiger partial charge in [0.15, 0.2) is 11.5 Å². The van der Waals surface area contributed by atoms with E-state index in [2.05, 4.69) is 0 Å². The van der Waals surface area contributed by atoms with Crippen LogP contribution in [-0.2, 0) is 16.6 Å². The van der Waals surface area contributed by atoms with Gasteiger partial charge < -0.3 is 25.2 Å². The molecule has 3 N–H and O–H groups in total. The number of fused-ring (bicyclic) bond motifs is 1. The number of hydrogen-bond donors (Lipinski definition) is 2. The number of benzene rings is 2. The number of amides is 2. The van der Waals surface area contributed by atoms with Crippen LogP contribution in [0, 0.1) is 5.92 Å². The second kappa shape index (κ2) is 8.13. The van der Waals surface area contributed by atoms with Gasteiger partial charge in [-0.25, -0.2) is 4.79 Å². The Balaban J connectivity index is 1.86. The first-order valence-corrected chi connectivity index (χ1v) is 10.5. The Morgan fingerprint density at radius 2 is 1.87 bits per heavy atom. The number of rotatable bonds is 5. The third-order valence-corrected chi connectivity index (χ3v) is 7.07. The molecule has 7 heteroatoms. The molecule has 3 atom stereocenters. The minimum Gasteiger partial charge on any atom is -0.493 e. The summed E-state index contributed by atoms with van der Waals surface area (Å²) < 4.78 is 11.0. The van der Waals surface area contributed by atoms with Crippen molar-refractivity contribution in [3.8, 4) is 11.5 Å². The molecule has 1 aliphatic carbocycles. The summed E-state index contributed by atoms with van der Waals surface area (Å²) in [5.41, 5.74) is 7.22. The summed E-state index contributed by atoms with van der Waals surface area (Å²) in [4.78, 5) is 26.5. The van der Waals surface area contributed by atoms with Crippen molar-refractivity contribution in [3.63, 3.8) is 0 Å². The highest BCUT2D eigenvalue weighted by Crippen LogP contribution is 2.55. The summed E-state index contributed by atoms with van der Waals surface area (Å²) in [6.45, 7) is 0.850. The number of carboxylic acid groups (broad SMARTS) is 1. The largest absolute Gasteiger partial charge is 0.493 e. The Hall–Kier alpha value is -3.22. The van der Waals surface area contributed by atoms with Crippen LogP contribution in [0.1, 0.15) is 35.4 Å². The lowest BCUT2D eigenvalue weighted by Crippen LogP contribution is -2.53.